The summed E-state index contributed by atoms with van der Waals surface area (Å²) in [7, 11) is 0. The maximum Gasteiger partial charge on any atom is 0.0627 e. The van der Waals surface area contributed by atoms with Gasteiger partial charge in [-0.3, -0.25) is 9.88 Å². The Kier molecular flexibility index (Phi) is 4.31. The number of piperidine rings is 1. The van der Waals surface area contributed by atoms with Crippen molar-refractivity contribution in [1.29, 1.82) is 0 Å². The molecule has 1 aromatic heterocycles. The fraction of sp³-hybridized carbons (Fsp3) is 0.571. The van der Waals surface area contributed by atoms with Crippen LogP contribution in [0.4, 0.5) is 0 Å². The second-order valence-corrected chi connectivity index (χ2v) is 4.95. The Hall–Kier alpha value is -1.42. The Morgan fingerprint density at radius 2 is 2.33 bits per heavy atom. The van der Waals surface area contributed by atoms with Crippen molar-refractivity contribution in [2.75, 3.05) is 13.1 Å². The van der Waals surface area contributed by atoms with Gasteiger partial charge in [-0.25, -0.2) is 0 Å². The topological polar surface area (TPSA) is 48.7 Å². The smallest absolute Gasteiger partial charge is 0.0627 e. The fourth-order valence-corrected chi connectivity index (χ4v) is 2.54. The standard InChI is InChI=1S/C14H21N3O/c1-3-12-9-17(8-7-14(12)16-18)10-13-6-4-5-11(2)15-13/h4-6,12,18H,3,7-10H2,1-2H3/b16-14+. The van der Waals surface area contributed by atoms with Crippen LogP contribution in [0.25, 0.3) is 0 Å². The molecule has 0 amide bonds. The van der Waals surface area contributed by atoms with Crippen molar-refractivity contribution in [3.05, 3.63) is 29.6 Å². The van der Waals surface area contributed by atoms with E-state index in [-0.39, 0.29) is 0 Å². The molecule has 1 aliphatic rings. The van der Waals surface area contributed by atoms with Crippen LogP contribution in [0.5, 0.6) is 0 Å². The summed E-state index contributed by atoms with van der Waals surface area (Å²) in [5, 5.41) is 12.4. The lowest BCUT2D eigenvalue weighted by Gasteiger charge is -2.32. The lowest BCUT2D eigenvalue weighted by atomic mass is 9.93. The van der Waals surface area contributed by atoms with Crippen molar-refractivity contribution in [3.8, 4) is 0 Å². The van der Waals surface area contributed by atoms with Crippen LogP contribution in [-0.4, -0.2) is 33.9 Å². The Labute approximate surface area is 108 Å². The molecule has 1 N–H and O–H groups in total. The van der Waals surface area contributed by atoms with Crippen LogP contribution in [0.2, 0.25) is 0 Å². The quantitative estimate of drug-likeness (QED) is 0.659. The SMILES string of the molecule is CCC1CN(Cc2cccc(C)n2)CC/C1=N\O. The Morgan fingerprint density at radius 1 is 1.50 bits per heavy atom. The first-order chi connectivity index (χ1) is 8.72. The Balaban J connectivity index is 1.99. The highest BCUT2D eigenvalue weighted by Gasteiger charge is 2.24. The highest BCUT2D eigenvalue weighted by atomic mass is 16.4. The summed E-state index contributed by atoms with van der Waals surface area (Å²) in [6, 6.07) is 6.15. The van der Waals surface area contributed by atoms with Gasteiger partial charge in [0.1, 0.15) is 0 Å². The first kappa shape index (κ1) is 13.0. The molecule has 18 heavy (non-hydrogen) atoms. The van der Waals surface area contributed by atoms with E-state index in [4.69, 9.17) is 5.21 Å². The van der Waals surface area contributed by atoms with Gasteiger partial charge in [0.2, 0.25) is 0 Å². The van der Waals surface area contributed by atoms with Gasteiger partial charge in [-0.1, -0.05) is 18.1 Å². The second kappa shape index (κ2) is 5.96. The minimum absolute atomic E-state index is 0.383. The Morgan fingerprint density at radius 3 is 3.00 bits per heavy atom. The second-order valence-electron chi connectivity index (χ2n) is 4.95. The van der Waals surface area contributed by atoms with Gasteiger partial charge in [-0.2, -0.15) is 0 Å². The summed E-state index contributed by atoms with van der Waals surface area (Å²) in [5.41, 5.74) is 3.13. The molecule has 0 spiro atoms. The minimum atomic E-state index is 0.383. The summed E-state index contributed by atoms with van der Waals surface area (Å²) < 4.78 is 0. The number of pyridine rings is 1. The molecule has 4 nitrogen and oxygen atoms in total. The van der Waals surface area contributed by atoms with Gasteiger partial charge in [0.15, 0.2) is 0 Å². The van der Waals surface area contributed by atoms with Gasteiger partial charge in [0.25, 0.3) is 0 Å². The van der Waals surface area contributed by atoms with Gasteiger partial charge in [0.05, 0.1) is 11.4 Å². The molecular weight excluding hydrogens is 226 g/mol. The summed E-state index contributed by atoms with van der Waals surface area (Å²) in [6.07, 6.45) is 1.89. The van der Waals surface area contributed by atoms with Crippen LogP contribution in [0, 0.1) is 12.8 Å². The molecule has 1 aliphatic heterocycles. The van der Waals surface area contributed by atoms with E-state index in [0.29, 0.717) is 5.92 Å². The van der Waals surface area contributed by atoms with Crippen molar-refractivity contribution in [2.45, 2.75) is 33.2 Å². The number of rotatable bonds is 3. The van der Waals surface area contributed by atoms with E-state index in [9.17, 15) is 0 Å². The molecule has 0 bridgehead atoms. The molecule has 1 aromatic rings. The van der Waals surface area contributed by atoms with E-state index < -0.39 is 0 Å². The molecular formula is C14H21N3O. The predicted molar refractivity (Wildman–Crippen MR) is 71.9 cm³/mol. The van der Waals surface area contributed by atoms with Crippen LogP contribution in [0.15, 0.2) is 23.4 Å². The molecule has 1 atom stereocenters. The number of aromatic nitrogens is 1. The van der Waals surface area contributed by atoms with E-state index in [1.807, 2.05) is 13.0 Å². The lowest BCUT2D eigenvalue weighted by molar-refractivity contribution is 0.218. The van der Waals surface area contributed by atoms with E-state index in [1.165, 1.54) is 0 Å². The third-order valence-electron chi connectivity index (χ3n) is 3.59. The van der Waals surface area contributed by atoms with Crippen molar-refractivity contribution >= 4 is 5.71 Å². The summed E-state index contributed by atoms with van der Waals surface area (Å²) >= 11 is 0. The zero-order valence-electron chi connectivity index (χ0n) is 11.1. The van der Waals surface area contributed by atoms with Crippen molar-refractivity contribution in [1.82, 2.24) is 9.88 Å². The lowest BCUT2D eigenvalue weighted by Crippen LogP contribution is -2.40. The van der Waals surface area contributed by atoms with Crippen LogP contribution >= 0.6 is 0 Å². The van der Waals surface area contributed by atoms with Crippen LogP contribution in [0.3, 0.4) is 0 Å². The maximum atomic E-state index is 8.96. The largest absolute Gasteiger partial charge is 0.411 e. The monoisotopic (exact) mass is 247 g/mol. The first-order valence-electron chi connectivity index (χ1n) is 6.58. The number of oxime groups is 1. The third-order valence-corrected chi connectivity index (χ3v) is 3.59. The molecule has 0 saturated carbocycles. The third kappa shape index (κ3) is 3.07. The van der Waals surface area contributed by atoms with Gasteiger partial charge in [0, 0.05) is 37.7 Å². The average Bonchev–Trinajstić information content (AvgIpc) is 2.38. The normalized spacial score (nSPS) is 23.4. The van der Waals surface area contributed by atoms with E-state index in [2.05, 4.69) is 34.1 Å². The summed E-state index contributed by atoms with van der Waals surface area (Å²) in [6.45, 7) is 6.96. The molecule has 0 aliphatic carbocycles. The number of aryl methyl sites for hydroxylation is 1. The number of nitrogens with zero attached hydrogens (tertiary/aromatic N) is 3. The molecule has 2 heterocycles. The van der Waals surface area contributed by atoms with Crippen molar-refractivity contribution in [3.63, 3.8) is 0 Å². The number of hydrogen-bond acceptors (Lipinski definition) is 4. The number of likely N-dealkylation sites (tertiary alicyclic amines) is 1. The predicted octanol–water partition coefficient (Wildman–Crippen LogP) is 2.45. The summed E-state index contributed by atoms with van der Waals surface area (Å²) in [4.78, 5) is 6.93. The van der Waals surface area contributed by atoms with E-state index >= 15 is 0 Å². The van der Waals surface area contributed by atoms with Gasteiger partial charge in [-0.15, -0.1) is 0 Å². The molecule has 1 saturated heterocycles. The van der Waals surface area contributed by atoms with Crippen molar-refractivity contribution in [2.24, 2.45) is 11.1 Å². The maximum absolute atomic E-state index is 8.96. The minimum Gasteiger partial charge on any atom is -0.411 e. The fourth-order valence-electron chi connectivity index (χ4n) is 2.54. The highest BCUT2D eigenvalue weighted by Crippen LogP contribution is 2.18. The first-order valence-corrected chi connectivity index (χ1v) is 6.58. The molecule has 2 rings (SSSR count). The average molecular weight is 247 g/mol. The van der Waals surface area contributed by atoms with Crippen LogP contribution < -0.4 is 0 Å². The molecule has 1 fully saturated rings. The number of hydrogen-bond donors (Lipinski definition) is 1. The molecule has 1 unspecified atom stereocenters. The molecule has 0 radical (unpaired) electrons. The van der Waals surface area contributed by atoms with Crippen LogP contribution in [-0.2, 0) is 6.54 Å². The molecule has 98 valence electrons. The van der Waals surface area contributed by atoms with Gasteiger partial charge >= 0.3 is 0 Å². The van der Waals surface area contributed by atoms with E-state index in [1.54, 1.807) is 0 Å². The molecule has 0 aromatic carbocycles. The highest BCUT2D eigenvalue weighted by molar-refractivity contribution is 5.87. The van der Waals surface area contributed by atoms with E-state index in [0.717, 1.165) is 49.6 Å². The van der Waals surface area contributed by atoms with Crippen LogP contribution in [0.1, 0.15) is 31.2 Å². The van der Waals surface area contributed by atoms with Crippen molar-refractivity contribution < 1.29 is 5.21 Å². The summed E-state index contributed by atoms with van der Waals surface area (Å²) in [5.74, 6) is 0.383. The van der Waals surface area contributed by atoms with Gasteiger partial charge < -0.3 is 5.21 Å². The zero-order valence-corrected chi connectivity index (χ0v) is 11.1. The zero-order chi connectivity index (χ0) is 13.0. The van der Waals surface area contributed by atoms with Gasteiger partial charge in [-0.05, 0) is 25.5 Å². The molecule has 4 heteroatoms. The Bertz CT molecular complexity index is 431.